The minimum absolute atomic E-state index is 0.144. The zero-order chi connectivity index (χ0) is 17.3. The van der Waals surface area contributed by atoms with E-state index in [1.54, 1.807) is 6.20 Å². The van der Waals surface area contributed by atoms with Gasteiger partial charge in [0, 0.05) is 53.5 Å². The standard InChI is InChI=1S/C21H18N4O/c1-2-7-18-17(6-1)19(20-8-4-10-26-20)13-23-21(18)25-14-16(12-24-25)15-5-3-9-22-11-15/h1-3,5-7,9,11-14,20H,4,8,10H2. The second kappa shape index (κ2) is 6.35. The van der Waals surface area contributed by atoms with Gasteiger partial charge < -0.3 is 4.74 Å². The first-order chi connectivity index (χ1) is 12.9. The Balaban J connectivity index is 1.62. The number of aromatic nitrogens is 4. The molecule has 1 aromatic carbocycles. The normalized spacial score (nSPS) is 17.0. The lowest BCUT2D eigenvalue weighted by Crippen LogP contribution is -2.04. The van der Waals surface area contributed by atoms with E-state index in [2.05, 4.69) is 28.3 Å². The van der Waals surface area contributed by atoms with Crippen molar-refractivity contribution in [2.24, 2.45) is 0 Å². The fraction of sp³-hybridized carbons (Fsp3) is 0.190. The Morgan fingerprint density at radius 2 is 1.88 bits per heavy atom. The van der Waals surface area contributed by atoms with Gasteiger partial charge in [-0.3, -0.25) is 4.98 Å². The van der Waals surface area contributed by atoms with E-state index in [9.17, 15) is 0 Å². The molecule has 26 heavy (non-hydrogen) atoms. The topological polar surface area (TPSA) is 52.8 Å². The maximum atomic E-state index is 5.89. The molecule has 0 radical (unpaired) electrons. The van der Waals surface area contributed by atoms with Crippen molar-refractivity contribution >= 4 is 10.8 Å². The van der Waals surface area contributed by atoms with Crippen LogP contribution in [-0.2, 0) is 4.74 Å². The van der Waals surface area contributed by atoms with Gasteiger partial charge in [-0.2, -0.15) is 5.10 Å². The smallest absolute Gasteiger partial charge is 0.161 e. The number of benzene rings is 1. The summed E-state index contributed by atoms with van der Waals surface area (Å²) in [4.78, 5) is 8.92. The third-order valence-corrected chi connectivity index (χ3v) is 4.88. The van der Waals surface area contributed by atoms with Crippen LogP contribution in [0.25, 0.3) is 27.7 Å². The molecule has 5 nitrogen and oxygen atoms in total. The lowest BCUT2D eigenvalue weighted by Gasteiger charge is -2.14. The Kier molecular flexibility index (Phi) is 3.72. The van der Waals surface area contributed by atoms with Crippen molar-refractivity contribution in [1.82, 2.24) is 19.7 Å². The van der Waals surface area contributed by atoms with Crippen molar-refractivity contribution in [1.29, 1.82) is 0 Å². The number of hydrogen-bond acceptors (Lipinski definition) is 4. The Labute approximate surface area is 151 Å². The first kappa shape index (κ1) is 15.2. The number of rotatable bonds is 3. The third-order valence-electron chi connectivity index (χ3n) is 4.88. The molecule has 5 rings (SSSR count). The molecule has 1 fully saturated rings. The van der Waals surface area contributed by atoms with Gasteiger partial charge in [0.1, 0.15) is 0 Å². The monoisotopic (exact) mass is 342 g/mol. The highest BCUT2D eigenvalue weighted by molar-refractivity contribution is 5.91. The van der Waals surface area contributed by atoms with Crippen LogP contribution in [0.3, 0.4) is 0 Å². The summed E-state index contributed by atoms with van der Waals surface area (Å²) in [5.74, 6) is 0.831. The molecule has 0 aliphatic carbocycles. The molecule has 0 N–H and O–H groups in total. The summed E-state index contributed by atoms with van der Waals surface area (Å²) < 4.78 is 7.72. The molecule has 1 unspecified atom stereocenters. The fourth-order valence-corrected chi connectivity index (χ4v) is 3.58. The molecule has 5 heteroatoms. The van der Waals surface area contributed by atoms with Gasteiger partial charge in [-0.25, -0.2) is 9.67 Å². The van der Waals surface area contributed by atoms with E-state index in [0.717, 1.165) is 41.8 Å². The van der Waals surface area contributed by atoms with E-state index in [0.29, 0.717) is 0 Å². The molecule has 4 aromatic rings. The maximum Gasteiger partial charge on any atom is 0.161 e. The van der Waals surface area contributed by atoms with Crippen LogP contribution in [0.4, 0.5) is 0 Å². The molecule has 128 valence electrons. The van der Waals surface area contributed by atoms with Gasteiger partial charge in [0.2, 0.25) is 0 Å². The average molecular weight is 342 g/mol. The summed E-state index contributed by atoms with van der Waals surface area (Å²) in [6, 6.07) is 12.3. The van der Waals surface area contributed by atoms with E-state index in [1.165, 1.54) is 10.9 Å². The summed E-state index contributed by atoms with van der Waals surface area (Å²) in [6.07, 6.45) is 11.7. The number of hydrogen-bond donors (Lipinski definition) is 0. The van der Waals surface area contributed by atoms with Crippen LogP contribution >= 0.6 is 0 Å². The second-order valence-electron chi connectivity index (χ2n) is 6.50. The zero-order valence-electron chi connectivity index (χ0n) is 14.2. The molecule has 1 atom stereocenters. The second-order valence-corrected chi connectivity index (χ2v) is 6.50. The minimum atomic E-state index is 0.144. The van der Waals surface area contributed by atoms with Crippen molar-refractivity contribution in [3.05, 3.63) is 72.9 Å². The Morgan fingerprint density at radius 3 is 2.69 bits per heavy atom. The van der Waals surface area contributed by atoms with E-state index >= 15 is 0 Å². The number of fused-ring (bicyclic) bond motifs is 1. The molecule has 3 aromatic heterocycles. The number of ether oxygens (including phenoxy) is 1. The zero-order valence-corrected chi connectivity index (χ0v) is 14.2. The van der Waals surface area contributed by atoms with Crippen molar-refractivity contribution < 1.29 is 4.74 Å². The van der Waals surface area contributed by atoms with Gasteiger partial charge in [-0.15, -0.1) is 0 Å². The minimum Gasteiger partial charge on any atom is -0.373 e. The Bertz CT molecular complexity index is 1050. The Hall–Kier alpha value is -3.05. The summed E-state index contributed by atoms with van der Waals surface area (Å²) in [5.41, 5.74) is 3.23. The van der Waals surface area contributed by atoms with Crippen LogP contribution in [-0.4, -0.2) is 26.4 Å². The summed E-state index contributed by atoms with van der Waals surface area (Å²) in [5, 5.41) is 6.80. The van der Waals surface area contributed by atoms with Crippen LogP contribution in [0.5, 0.6) is 0 Å². The third kappa shape index (κ3) is 2.57. The SMILES string of the molecule is c1cncc(-c2cnn(-c3ncc(C4CCCO4)c4ccccc34)c2)c1. The van der Waals surface area contributed by atoms with E-state index in [1.807, 2.05) is 47.7 Å². The summed E-state index contributed by atoms with van der Waals surface area (Å²) in [7, 11) is 0. The molecular weight excluding hydrogens is 324 g/mol. The number of nitrogens with zero attached hydrogens (tertiary/aromatic N) is 4. The summed E-state index contributed by atoms with van der Waals surface area (Å²) >= 11 is 0. The van der Waals surface area contributed by atoms with Gasteiger partial charge in [-0.1, -0.05) is 30.3 Å². The highest BCUT2D eigenvalue weighted by atomic mass is 16.5. The molecule has 1 saturated heterocycles. The lowest BCUT2D eigenvalue weighted by atomic mass is 10.0. The Morgan fingerprint density at radius 1 is 0.962 bits per heavy atom. The highest BCUT2D eigenvalue weighted by Crippen LogP contribution is 2.34. The molecule has 0 bridgehead atoms. The summed E-state index contributed by atoms with van der Waals surface area (Å²) in [6.45, 7) is 0.828. The first-order valence-corrected chi connectivity index (χ1v) is 8.85. The van der Waals surface area contributed by atoms with Gasteiger partial charge >= 0.3 is 0 Å². The van der Waals surface area contributed by atoms with Crippen molar-refractivity contribution in [2.75, 3.05) is 6.61 Å². The predicted molar refractivity (Wildman–Crippen MR) is 100 cm³/mol. The molecule has 0 amide bonds. The first-order valence-electron chi connectivity index (χ1n) is 8.85. The molecule has 0 spiro atoms. The molecule has 1 aliphatic heterocycles. The van der Waals surface area contributed by atoms with E-state index in [-0.39, 0.29) is 6.10 Å². The molecular formula is C21H18N4O. The van der Waals surface area contributed by atoms with Crippen LogP contribution in [0.1, 0.15) is 24.5 Å². The largest absolute Gasteiger partial charge is 0.373 e. The van der Waals surface area contributed by atoms with Gasteiger partial charge in [0.25, 0.3) is 0 Å². The molecule has 1 aliphatic rings. The van der Waals surface area contributed by atoms with Gasteiger partial charge in [-0.05, 0) is 24.3 Å². The van der Waals surface area contributed by atoms with Crippen LogP contribution in [0, 0.1) is 0 Å². The average Bonchev–Trinajstić information content (AvgIpc) is 3.40. The van der Waals surface area contributed by atoms with E-state index in [4.69, 9.17) is 9.72 Å². The van der Waals surface area contributed by atoms with Crippen molar-refractivity contribution in [2.45, 2.75) is 18.9 Å². The lowest BCUT2D eigenvalue weighted by molar-refractivity contribution is 0.113. The van der Waals surface area contributed by atoms with Gasteiger partial charge in [0.15, 0.2) is 5.82 Å². The quantitative estimate of drug-likeness (QED) is 0.556. The highest BCUT2D eigenvalue weighted by Gasteiger charge is 2.21. The van der Waals surface area contributed by atoms with Crippen LogP contribution in [0.15, 0.2) is 67.4 Å². The number of pyridine rings is 2. The molecule has 0 saturated carbocycles. The molecule has 4 heterocycles. The van der Waals surface area contributed by atoms with Crippen molar-refractivity contribution in [3.8, 4) is 16.9 Å². The maximum absolute atomic E-state index is 5.89. The van der Waals surface area contributed by atoms with Gasteiger partial charge in [0.05, 0.1) is 12.3 Å². The van der Waals surface area contributed by atoms with E-state index < -0.39 is 0 Å². The predicted octanol–water partition coefficient (Wildman–Crippen LogP) is 4.33. The fourth-order valence-electron chi connectivity index (χ4n) is 3.58. The van der Waals surface area contributed by atoms with Crippen LogP contribution in [0.2, 0.25) is 0 Å². The van der Waals surface area contributed by atoms with Crippen molar-refractivity contribution in [3.63, 3.8) is 0 Å². The van der Waals surface area contributed by atoms with Crippen LogP contribution < -0.4 is 0 Å².